The lowest BCUT2D eigenvalue weighted by atomic mass is 10.1. The zero-order valence-corrected chi connectivity index (χ0v) is 11.6. The molecule has 0 bridgehead atoms. The molecule has 1 aromatic heterocycles. The summed E-state index contributed by atoms with van der Waals surface area (Å²) in [6.07, 6.45) is 1.74. The molecule has 0 fully saturated rings. The predicted molar refractivity (Wildman–Crippen MR) is 74.5 cm³/mol. The minimum absolute atomic E-state index is 0.0388. The molecule has 1 amide bonds. The van der Waals surface area contributed by atoms with Crippen molar-refractivity contribution in [1.82, 2.24) is 4.57 Å². The smallest absolute Gasteiger partial charge is 0.337 e. The summed E-state index contributed by atoms with van der Waals surface area (Å²) >= 11 is 3.24. The molecule has 1 aromatic carbocycles. The first-order chi connectivity index (χ1) is 9.00. The Morgan fingerprint density at radius 3 is 2.58 bits per heavy atom. The second-order valence-electron chi connectivity index (χ2n) is 3.93. The Labute approximate surface area is 118 Å². The number of halogens is 1. The third kappa shape index (κ3) is 2.68. The van der Waals surface area contributed by atoms with Gasteiger partial charge in [0.15, 0.2) is 0 Å². The van der Waals surface area contributed by atoms with Crippen LogP contribution in [0.5, 0.6) is 0 Å². The van der Waals surface area contributed by atoms with Gasteiger partial charge in [-0.05, 0) is 40.2 Å². The fourth-order valence-corrected chi connectivity index (χ4v) is 2.17. The standard InChI is InChI=1S/C13H11BrN2O3/c1-16-7-3-6-10(16)12(17)15-11-8(13(18)19)4-2-5-9(11)14/h2-7H,1H3,(H,15,17)(H,18,19). The van der Waals surface area contributed by atoms with Gasteiger partial charge in [0, 0.05) is 17.7 Å². The molecule has 0 unspecified atom stereocenters. The maximum atomic E-state index is 12.1. The number of nitrogens with zero attached hydrogens (tertiary/aromatic N) is 1. The van der Waals surface area contributed by atoms with Gasteiger partial charge < -0.3 is 15.0 Å². The molecule has 0 saturated heterocycles. The topological polar surface area (TPSA) is 71.3 Å². The fraction of sp³-hybridized carbons (Fsp3) is 0.0769. The second-order valence-corrected chi connectivity index (χ2v) is 4.78. The lowest BCUT2D eigenvalue weighted by Gasteiger charge is -2.10. The van der Waals surface area contributed by atoms with Gasteiger partial charge in [-0.25, -0.2) is 4.79 Å². The van der Waals surface area contributed by atoms with Crippen LogP contribution in [-0.2, 0) is 7.05 Å². The van der Waals surface area contributed by atoms with E-state index in [-0.39, 0.29) is 17.2 Å². The number of para-hydroxylation sites is 1. The number of carboxylic acids is 1. The van der Waals surface area contributed by atoms with Crippen LogP contribution >= 0.6 is 15.9 Å². The Bertz CT molecular complexity index is 649. The van der Waals surface area contributed by atoms with Crippen LogP contribution < -0.4 is 5.32 Å². The van der Waals surface area contributed by atoms with Gasteiger partial charge in [-0.15, -0.1) is 0 Å². The summed E-state index contributed by atoms with van der Waals surface area (Å²) in [6, 6.07) is 8.12. The number of carbonyl (C=O) groups excluding carboxylic acids is 1. The molecule has 5 nitrogen and oxygen atoms in total. The van der Waals surface area contributed by atoms with Crippen molar-refractivity contribution in [2.24, 2.45) is 7.05 Å². The molecule has 0 aliphatic carbocycles. The molecule has 98 valence electrons. The zero-order chi connectivity index (χ0) is 14.0. The highest BCUT2D eigenvalue weighted by molar-refractivity contribution is 9.10. The first-order valence-electron chi connectivity index (χ1n) is 5.45. The van der Waals surface area contributed by atoms with Crippen molar-refractivity contribution < 1.29 is 14.7 Å². The van der Waals surface area contributed by atoms with Crippen LogP contribution in [0.1, 0.15) is 20.8 Å². The summed E-state index contributed by atoms with van der Waals surface area (Å²) < 4.78 is 2.18. The van der Waals surface area contributed by atoms with Gasteiger partial charge in [0.05, 0.1) is 11.3 Å². The number of anilines is 1. The Kier molecular flexibility index (Phi) is 3.71. The molecule has 0 atom stereocenters. The first-order valence-corrected chi connectivity index (χ1v) is 6.24. The first kappa shape index (κ1) is 13.4. The summed E-state index contributed by atoms with van der Waals surface area (Å²) in [5.41, 5.74) is 0.741. The number of aromatic nitrogens is 1. The molecule has 6 heteroatoms. The summed E-state index contributed by atoms with van der Waals surface area (Å²) in [5, 5.41) is 11.7. The summed E-state index contributed by atoms with van der Waals surface area (Å²) in [4.78, 5) is 23.2. The van der Waals surface area contributed by atoms with Gasteiger partial charge in [0.1, 0.15) is 5.69 Å². The van der Waals surface area contributed by atoms with Crippen molar-refractivity contribution in [2.75, 3.05) is 5.32 Å². The van der Waals surface area contributed by atoms with Crippen LogP contribution in [0.15, 0.2) is 41.0 Å². The van der Waals surface area contributed by atoms with Crippen molar-refractivity contribution in [2.45, 2.75) is 0 Å². The van der Waals surface area contributed by atoms with E-state index in [1.165, 1.54) is 6.07 Å². The third-order valence-electron chi connectivity index (χ3n) is 2.66. The van der Waals surface area contributed by atoms with E-state index in [4.69, 9.17) is 5.11 Å². The molecule has 2 rings (SSSR count). The van der Waals surface area contributed by atoms with Crippen molar-refractivity contribution in [3.05, 3.63) is 52.3 Å². The summed E-state index contributed by atoms with van der Waals surface area (Å²) in [7, 11) is 1.74. The van der Waals surface area contributed by atoms with E-state index in [0.29, 0.717) is 10.2 Å². The average molecular weight is 323 g/mol. The minimum Gasteiger partial charge on any atom is -0.478 e. The average Bonchev–Trinajstić information content (AvgIpc) is 2.77. The molecule has 19 heavy (non-hydrogen) atoms. The number of aromatic carboxylic acids is 1. The van der Waals surface area contributed by atoms with E-state index >= 15 is 0 Å². The maximum absolute atomic E-state index is 12.1. The highest BCUT2D eigenvalue weighted by atomic mass is 79.9. The van der Waals surface area contributed by atoms with Crippen LogP contribution in [0.2, 0.25) is 0 Å². The number of carboxylic acid groups (broad SMARTS) is 1. The van der Waals surface area contributed by atoms with Gasteiger partial charge in [-0.2, -0.15) is 0 Å². The monoisotopic (exact) mass is 322 g/mol. The van der Waals surface area contributed by atoms with Crippen LogP contribution in [0.4, 0.5) is 5.69 Å². The minimum atomic E-state index is -1.09. The number of nitrogens with one attached hydrogen (secondary N) is 1. The van der Waals surface area contributed by atoms with Crippen molar-refractivity contribution >= 4 is 33.5 Å². The number of amides is 1. The molecule has 2 aromatic rings. The van der Waals surface area contributed by atoms with Crippen molar-refractivity contribution in [3.63, 3.8) is 0 Å². The number of hydrogen-bond acceptors (Lipinski definition) is 2. The molecule has 0 spiro atoms. The molecular formula is C13H11BrN2O3. The Hall–Kier alpha value is -2.08. The highest BCUT2D eigenvalue weighted by Gasteiger charge is 2.17. The Morgan fingerprint density at radius 2 is 2.00 bits per heavy atom. The number of hydrogen-bond donors (Lipinski definition) is 2. The van der Waals surface area contributed by atoms with E-state index in [1.807, 2.05) is 0 Å². The maximum Gasteiger partial charge on any atom is 0.337 e. The zero-order valence-electron chi connectivity index (χ0n) is 10.1. The number of benzene rings is 1. The van der Waals surface area contributed by atoms with Crippen LogP contribution in [0.3, 0.4) is 0 Å². The summed E-state index contributed by atoms with van der Waals surface area (Å²) in [5.74, 6) is -1.45. The SMILES string of the molecule is Cn1cccc1C(=O)Nc1c(Br)cccc1C(=O)O. The second kappa shape index (κ2) is 5.27. The van der Waals surface area contributed by atoms with E-state index < -0.39 is 5.97 Å². The molecule has 0 aliphatic rings. The Morgan fingerprint density at radius 1 is 1.26 bits per heavy atom. The number of carbonyl (C=O) groups is 2. The van der Waals surface area contributed by atoms with Gasteiger partial charge in [0.25, 0.3) is 5.91 Å². The largest absolute Gasteiger partial charge is 0.478 e. The quantitative estimate of drug-likeness (QED) is 0.912. The molecule has 0 radical (unpaired) electrons. The lowest BCUT2D eigenvalue weighted by Crippen LogP contribution is -2.17. The van der Waals surface area contributed by atoms with Gasteiger partial charge in [-0.1, -0.05) is 6.07 Å². The van der Waals surface area contributed by atoms with E-state index in [9.17, 15) is 9.59 Å². The summed E-state index contributed by atoms with van der Waals surface area (Å²) in [6.45, 7) is 0. The normalized spacial score (nSPS) is 10.2. The molecular weight excluding hydrogens is 312 g/mol. The lowest BCUT2D eigenvalue weighted by molar-refractivity contribution is 0.0698. The van der Waals surface area contributed by atoms with Gasteiger partial charge in [-0.3, -0.25) is 4.79 Å². The van der Waals surface area contributed by atoms with Crippen molar-refractivity contribution in [1.29, 1.82) is 0 Å². The highest BCUT2D eigenvalue weighted by Crippen LogP contribution is 2.27. The van der Waals surface area contributed by atoms with Crippen LogP contribution in [-0.4, -0.2) is 21.6 Å². The third-order valence-corrected chi connectivity index (χ3v) is 3.32. The Balaban J connectivity index is 2.36. The fourth-order valence-electron chi connectivity index (χ4n) is 1.70. The number of aryl methyl sites for hydroxylation is 1. The van der Waals surface area contributed by atoms with E-state index in [1.54, 1.807) is 42.1 Å². The predicted octanol–water partition coefficient (Wildman–Crippen LogP) is 2.74. The molecule has 0 saturated carbocycles. The number of rotatable bonds is 3. The van der Waals surface area contributed by atoms with E-state index in [0.717, 1.165) is 0 Å². The molecule has 2 N–H and O–H groups in total. The molecule has 1 heterocycles. The molecule has 0 aliphatic heterocycles. The van der Waals surface area contributed by atoms with Crippen molar-refractivity contribution in [3.8, 4) is 0 Å². The van der Waals surface area contributed by atoms with E-state index in [2.05, 4.69) is 21.2 Å². The van der Waals surface area contributed by atoms with Crippen LogP contribution in [0, 0.1) is 0 Å². The van der Waals surface area contributed by atoms with Crippen LogP contribution in [0.25, 0.3) is 0 Å². The van der Waals surface area contributed by atoms with Gasteiger partial charge >= 0.3 is 5.97 Å². The van der Waals surface area contributed by atoms with Gasteiger partial charge in [0.2, 0.25) is 0 Å².